The van der Waals surface area contributed by atoms with E-state index in [1.54, 1.807) is 0 Å². The Bertz CT molecular complexity index is 509. The Morgan fingerprint density at radius 2 is 2.00 bits per heavy atom. The van der Waals surface area contributed by atoms with E-state index in [2.05, 4.69) is 4.74 Å². The van der Waals surface area contributed by atoms with Crippen molar-refractivity contribution >= 4 is 17.4 Å². The third kappa shape index (κ3) is 2.53. The average Bonchev–Trinajstić information content (AvgIpc) is 2.35. The van der Waals surface area contributed by atoms with E-state index in [4.69, 9.17) is 0 Å². The van der Waals surface area contributed by atoms with Gasteiger partial charge in [0.2, 0.25) is 0 Å². The van der Waals surface area contributed by atoms with Gasteiger partial charge in [0.25, 0.3) is 5.69 Å². The van der Waals surface area contributed by atoms with E-state index in [1.165, 1.54) is 39.2 Å². The molecule has 0 aliphatic carbocycles. The van der Waals surface area contributed by atoms with E-state index in [-0.39, 0.29) is 11.3 Å². The number of nitrogens with zero attached hydrogens (tertiary/aromatic N) is 1. The SMILES string of the molecule is COC(=O)C(C)c1cccc([N+](=O)[O-])c1C(C)=O. The minimum atomic E-state index is -0.728. The Morgan fingerprint density at radius 3 is 2.44 bits per heavy atom. The van der Waals surface area contributed by atoms with E-state index >= 15 is 0 Å². The highest BCUT2D eigenvalue weighted by Gasteiger charge is 2.27. The predicted molar refractivity (Wildman–Crippen MR) is 63.5 cm³/mol. The predicted octanol–water partition coefficient (Wildman–Crippen LogP) is 2.07. The molecule has 18 heavy (non-hydrogen) atoms. The van der Waals surface area contributed by atoms with Crippen molar-refractivity contribution in [1.82, 2.24) is 0 Å². The van der Waals surface area contributed by atoms with Gasteiger partial charge in [0, 0.05) is 6.07 Å². The second kappa shape index (κ2) is 5.39. The smallest absolute Gasteiger partial charge is 0.312 e. The Morgan fingerprint density at radius 1 is 1.39 bits per heavy atom. The minimum Gasteiger partial charge on any atom is -0.469 e. The first-order valence-electron chi connectivity index (χ1n) is 5.26. The number of benzene rings is 1. The summed E-state index contributed by atoms with van der Waals surface area (Å²) in [5.41, 5.74) is -0.0281. The normalized spacial score (nSPS) is 11.7. The fraction of sp³-hybridized carbons (Fsp3) is 0.333. The highest BCUT2D eigenvalue weighted by Crippen LogP contribution is 2.29. The van der Waals surface area contributed by atoms with Gasteiger partial charge >= 0.3 is 5.97 Å². The Labute approximate surface area is 104 Å². The summed E-state index contributed by atoms with van der Waals surface area (Å²) in [6, 6.07) is 4.20. The number of carbonyl (C=O) groups is 2. The van der Waals surface area contributed by atoms with Crippen LogP contribution in [0.4, 0.5) is 5.69 Å². The first kappa shape index (κ1) is 13.8. The van der Waals surface area contributed by atoms with Crippen molar-refractivity contribution in [3.63, 3.8) is 0 Å². The van der Waals surface area contributed by atoms with Crippen LogP contribution in [0.5, 0.6) is 0 Å². The number of ether oxygens (including phenoxy) is 1. The molecule has 1 aromatic rings. The third-order valence-electron chi connectivity index (χ3n) is 2.64. The number of Topliss-reactive ketones (excluding diaryl/α,β-unsaturated/α-hetero) is 1. The molecule has 1 rings (SSSR count). The summed E-state index contributed by atoms with van der Waals surface area (Å²) in [5.74, 6) is -1.72. The van der Waals surface area contributed by atoms with E-state index in [0.29, 0.717) is 5.56 Å². The quantitative estimate of drug-likeness (QED) is 0.354. The lowest BCUT2D eigenvalue weighted by Crippen LogP contribution is -2.15. The molecular weight excluding hydrogens is 238 g/mol. The average molecular weight is 251 g/mol. The molecule has 6 heteroatoms. The molecule has 0 fully saturated rings. The number of hydrogen-bond acceptors (Lipinski definition) is 5. The maximum Gasteiger partial charge on any atom is 0.312 e. The zero-order chi connectivity index (χ0) is 13.9. The number of nitro groups is 1. The number of nitro benzene ring substituents is 1. The summed E-state index contributed by atoms with van der Waals surface area (Å²) in [5, 5.41) is 10.9. The van der Waals surface area contributed by atoms with Crippen LogP contribution in [0.3, 0.4) is 0 Å². The van der Waals surface area contributed by atoms with E-state index in [1.807, 2.05) is 0 Å². The molecule has 0 spiro atoms. The van der Waals surface area contributed by atoms with Crippen LogP contribution in [0.15, 0.2) is 18.2 Å². The maximum absolute atomic E-state index is 11.6. The monoisotopic (exact) mass is 251 g/mol. The molecule has 6 nitrogen and oxygen atoms in total. The molecule has 0 saturated heterocycles. The van der Waals surface area contributed by atoms with Crippen LogP contribution >= 0.6 is 0 Å². The standard InChI is InChI=1S/C12H13NO5/c1-7(12(15)18-3)9-5-4-6-10(13(16)17)11(9)8(2)14/h4-7H,1-3H3. The van der Waals surface area contributed by atoms with Crippen molar-refractivity contribution in [3.05, 3.63) is 39.4 Å². The van der Waals surface area contributed by atoms with Crippen molar-refractivity contribution in [2.45, 2.75) is 19.8 Å². The summed E-state index contributed by atoms with van der Waals surface area (Å²) in [4.78, 5) is 33.3. The molecule has 1 unspecified atom stereocenters. The number of rotatable bonds is 4. The van der Waals surface area contributed by atoms with Gasteiger partial charge in [-0.05, 0) is 19.4 Å². The van der Waals surface area contributed by atoms with Crippen LogP contribution in [-0.4, -0.2) is 23.8 Å². The van der Waals surface area contributed by atoms with Gasteiger partial charge in [-0.3, -0.25) is 19.7 Å². The van der Waals surface area contributed by atoms with Crippen LogP contribution in [0, 0.1) is 10.1 Å². The molecule has 0 heterocycles. The second-order valence-electron chi connectivity index (χ2n) is 3.80. The zero-order valence-electron chi connectivity index (χ0n) is 10.3. The lowest BCUT2D eigenvalue weighted by atomic mass is 9.92. The highest BCUT2D eigenvalue weighted by atomic mass is 16.6. The zero-order valence-corrected chi connectivity index (χ0v) is 10.3. The molecule has 0 bridgehead atoms. The molecule has 0 saturated carbocycles. The minimum absolute atomic E-state index is 0.0413. The van der Waals surface area contributed by atoms with Crippen molar-refractivity contribution in [1.29, 1.82) is 0 Å². The van der Waals surface area contributed by atoms with Crippen molar-refractivity contribution < 1.29 is 19.2 Å². The van der Waals surface area contributed by atoms with Gasteiger partial charge in [0.1, 0.15) is 0 Å². The lowest BCUT2D eigenvalue weighted by Gasteiger charge is -2.12. The van der Waals surface area contributed by atoms with Gasteiger partial charge in [-0.15, -0.1) is 0 Å². The fourth-order valence-corrected chi connectivity index (χ4v) is 1.76. The molecule has 1 aromatic carbocycles. The molecule has 96 valence electrons. The first-order valence-corrected chi connectivity index (χ1v) is 5.26. The first-order chi connectivity index (χ1) is 8.40. The fourth-order valence-electron chi connectivity index (χ4n) is 1.76. The Kier molecular flexibility index (Phi) is 4.14. The second-order valence-corrected chi connectivity index (χ2v) is 3.80. The third-order valence-corrected chi connectivity index (χ3v) is 2.64. The topological polar surface area (TPSA) is 86.5 Å². The van der Waals surface area contributed by atoms with Crippen LogP contribution in [0.25, 0.3) is 0 Å². The largest absolute Gasteiger partial charge is 0.469 e. The summed E-state index contributed by atoms with van der Waals surface area (Å²) in [6.07, 6.45) is 0. The van der Waals surface area contributed by atoms with Crippen molar-refractivity contribution in [2.24, 2.45) is 0 Å². The Balaban J connectivity index is 3.45. The van der Waals surface area contributed by atoms with Crippen molar-refractivity contribution in [2.75, 3.05) is 7.11 Å². The van der Waals surface area contributed by atoms with Gasteiger partial charge < -0.3 is 4.74 Å². The maximum atomic E-state index is 11.6. The van der Waals surface area contributed by atoms with Gasteiger partial charge in [-0.1, -0.05) is 12.1 Å². The highest BCUT2D eigenvalue weighted by molar-refractivity contribution is 6.01. The van der Waals surface area contributed by atoms with Crippen LogP contribution in [0.1, 0.15) is 35.7 Å². The van der Waals surface area contributed by atoms with Gasteiger partial charge in [0.15, 0.2) is 5.78 Å². The van der Waals surface area contributed by atoms with Crippen LogP contribution in [-0.2, 0) is 9.53 Å². The molecule has 0 aliphatic heterocycles. The molecule has 0 radical (unpaired) electrons. The van der Waals surface area contributed by atoms with E-state index in [0.717, 1.165) is 0 Å². The van der Waals surface area contributed by atoms with Gasteiger partial charge in [-0.2, -0.15) is 0 Å². The molecule has 0 aliphatic rings. The summed E-state index contributed by atoms with van der Waals surface area (Å²) in [6.45, 7) is 2.77. The number of esters is 1. The number of methoxy groups -OCH3 is 1. The molecule has 0 aromatic heterocycles. The molecule has 0 N–H and O–H groups in total. The lowest BCUT2D eigenvalue weighted by molar-refractivity contribution is -0.385. The molecule has 0 amide bonds. The van der Waals surface area contributed by atoms with Gasteiger partial charge in [0.05, 0.1) is 23.5 Å². The number of hydrogen-bond donors (Lipinski definition) is 0. The van der Waals surface area contributed by atoms with Crippen LogP contribution in [0.2, 0.25) is 0 Å². The summed E-state index contributed by atoms with van der Waals surface area (Å²) < 4.78 is 4.58. The Hall–Kier alpha value is -2.24. The van der Waals surface area contributed by atoms with E-state index < -0.39 is 22.6 Å². The summed E-state index contributed by atoms with van der Waals surface area (Å²) >= 11 is 0. The van der Waals surface area contributed by atoms with Crippen LogP contribution < -0.4 is 0 Å². The molecule has 1 atom stereocenters. The molecular formula is C12H13NO5. The van der Waals surface area contributed by atoms with E-state index in [9.17, 15) is 19.7 Å². The number of carbonyl (C=O) groups excluding carboxylic acids is 2. The number of ketones is 1. The summed E-state index contributed by atoms with van der Waals surface area (Å²) in [7, 11) is 1.23. The van der Waals surface area contributed by atoms with Gasteiger partial charge in [-0.25, -0.2) is 0 Å². The van der Waals surface area contributed by atoms with Crippen molar-refractivity contribution in [3.8, 4) is 0 Å².